The molecule has 196 valence electrons. The van der Waals surface area contributed by atoms with Gasteiger partial charge in [0.2, 0.25) is 0 Å². The number of nitriles is 1. The minimum atomic E-state index is -0.977. The topological polar surface area (TPSA) is 112 Å². The van der Waals surface area contributed by atoms with Crippen molar-refractivity contribution in [3.8, 4) is 22.9 Å². The fourth-order valence-electron chi connectivity index (χ4n) is 5.12. The van der Waals surface area contributed by atoms with Crippen molar-refractivity contribution in [3.05, 3.63) is 66.7 Å². The maximum atomic E-state index is 10.1. The van der Waals surface area contributed by atoms with Gasteiger partial charge in [-0.05, 0) is 56.0 Å². The first-order valence-corrected chi connectivity index (χ1v) is 12.9. The van der Waals surface area contributed by atoms with Crippen LogP contribution in [0.2, 0.25) is 0 Å². The number of nitrogens with one attached hydrogen (secondary N) is 1. The van der Waals surface area contributed by atoms with Gasteiger partial charge in [0.1, 0.15) is 30.1 Å². The molecular weight excluding hydrogens is 478 g/mol. The van der Waals surface area contributed by atoms with Crippen molar-refractivity contribution in [2.75, 3.05) is 29.9 Å². The fraction of sp³-hybridized carbons (Fsp3) is 0.379. The van der Waals surface area contributed by atoms with Crippen molar-refractivity contribution >= 4 is 17.2 Å². The van der Waals surface area contributed by atoms with Gasteiger partial charge in [0.05, 0.1) is 29.1 Å². The predicted molar refractivity (Wildman–Crippen MR) is 147 cm³/mol. The van der Waals surface area contributed by atoms with E-state index in [1.807, 2.05) is 48.8 Å². The van der Waals surface area contributed by atoms with E-state index in [0.29, 0.717) is 34.7 Å². The molecule has 5 rings (SSSR count). The molecular formula is C29H33N7O2. The van der Waals surface area contributed by atoms with Crippen LogP contribution >= 0.6 is 0 Å². The van der Waals surface area contributed by atoms with Gasteiger partial charge in [0, 0.05) is 42.7 Å². The predicted octanol–water partition coefficient (Wildman–Crippen LogP) is 4.39. The zero-order chi connectivity index (χ0) is 26.9. The largest absolute Gasteiger partial charge is 0.489 e. The molecule has 0 saturated carbocycles. The van der Waals surface area contributed by atoms with Gasteiger partial charge in [-0.3, -0.25) is 0 Å². The van der Waals surface area contributed by atoms with Gasteiger partial charge in [0.25, 0.3) is 0 Å². The number of pyridine rings is 3. The van der Waals surface area contributed by atoms with Crippen LogP contribution in [0.25, 0.3) is 16.6 Å². The summed E-state index contributed by atoms with van der Waals surface area (Å²) in [6, 6.07) is 14.4. The van der Waals surface area contributed by atoms with Crippen LogP contribution in [-0.2, 0) is 0 Å². The normalized spacial score (nSPS) is 19.8. The summed E-state index contributed by atoms with van der Waals surface area (Å²) in [4.78, 5) is 11.6. The van der Waals surface area contributed by atoms with Crippen molar-refractivity contribution in [2.45, 2.75) is 39.3 Å². The Kier molecular flexibility index (Phi) is 6.91. The average molecular weight is 512 g/mol. The minimum absolute atomic E-state index is 0.128. The van der Waals surface area contributed by atoms with Crippen LogP contribution in [-0.4, -0.2) is 56.0 Å². The van der Waals surface area contributed by atoms with Crippen LogP contribution in [0.15, 0.2) is 61.2 Å². The Labute approximate surface area is 222 Å². The molecule has 9 nitrogen and oxygen atoms in total. The highest BCUT2D eigenvalue weighted by molar-refractivity contribution is 5.85. The highest BCUT2D eigenvalue weighted by Gasteiger charge is 2.32. The first-order chi connectivity index (χ1) is 18.2. The van der Waals surface area contributed by atoms with E-state index >= 15 is 0 Å². The molecule has 0 spiro atoms. The standard InChI is InChI=1S/C29H33N7O2/c1-19-15-35(16-20(2)27(19)34-25-7-5-6-10-31-25)26-9-8-21(13-32-26)24-11-23(38-18-29(3,4)37)17-36-28(24)22(12-30)14-33-36/h5-11,13-14,17,19-20,27,37H,15-16,18H2,1-4H3,(H,31,34)/t19-,20+,27?. The van der Waals surface area contributed by atoms with Crippen molar-refractivity contribution < 1.29 is 9.84 Å². The van der Waals surface area contributed by atoms with E-state index < -0.39 is 5.60 Å². The summed E-state index contributed by atoms with van der Waals surface area (Å²) < 4.78 is 7.49. The molecule has 5 heterocycles. The molecule has 0 amide bonds. The second-order valence-electron chi connectivity index (χ2n) is 10.8. The highest BCUT2D eigenvalue weighted by Crippen LogP contribution is 2.33. The summed E-state index contributed by atoms with van der Waals surface area (Å²) in [5, 5.41) is 27.7. The van der Waals surface area contributed by atoms with Gasteiger partial charge in [0.15, 0.2) is 0 Å². The Balaban J connectivity index is 1.38. The molecule has 1 saturated heterocycles. The number of ether oxygens (including phenoxy) is 1. The second kappa shape index (κ2) is 10.3. The van der Waals surface area contributed by atoms with E-state index in [1.165, 1.54) is 0 Å². The zero-order valence-electron chi connectivity index (χ0n) is 22.2. The lowest BCUT2D eigenvalue weighted by Gasteiger charge is -2.42. The first kappa shape index (κ1) is 25.5. The van der Waals surface area contributed by atoms with Gasteiger partial charge in [-0.2, -0.15) is 10.4 Å². The third kappa shape index (κ3) is 5.41. The molecule has 1 unspecified atom stereocenters. The van der Waals surface area contributed by atoms with E-state index in [2.05, 4.69) is 40.2 Å². The molecule has 3 atom stereocenters. The lowest BCUT2D eigenvalue weighted by atomic mass is 9.85. The molecule has 4 aromatic rings. The average Bonchev–Trinajstić information content (AvgIpc) is 3.32. The third-order valence-corrected chi connectivity index (χ3v) is 6.90. The number of anilines is 2. The van der Waals surface area contributed by atoms with E-state index in [1.54, 1.807) is 30.8 Å². The summed E-state index contributed by atoms with van der Waals surface area (Å²) in [5.74, 6) is 3.18. The van der Waals surface area contributed by atoms with E-state index in [-0.39, 0.29) is 6.61 Å². The minimum Gasteiger partial charge on any atom is -0.489 e. The molecule has 0 radical (unpaired) electrons. The summed E-state index contributed by atoms with van der Waals surface area (Å²) >= 11 is 0. The number of aliphatic hydroxyl groups is 1. The van der Waals surface area contributed by atoms with E-state index in [0.717, 1.165) is 35.9 Å². The molecule has 9 heteroatoms. The fourth-order valence-corrected chi connectivity index (χ4v) is 5.12. The quantitative estimate of drug-likeness (QED) is 0.376. The monoisotopic (exact) mass is 511 g/mol. The zero-order valence-corrected chi connectivity index (χ0v) is 22.2. The number of piperidine rings is 1. The van der Waals surface area contributed by atoms with Crippen LogP contribution < -0.4 is 15.0 Å². The number of rotatable bonds is 7. The summed E-state index contributed by atoms with van der Waals surface area (Å²) in [6.07, 6.45) is 6.92. The first-order valence-electron chi connectivity index (χ1n) is 12.9. The van der Waals surface area contributed by atoms with Crippen molar-refractivity contribution in [1.29, 1.82) is 5.26 Å². The highest BCUT2D eigenvalue weighted by atomic mass is 16.5. The van der Waals surface area contributed by atoms with Crippen molar-refractivity contribution in [1.82, 2.24) is 19.6 Å². The van der Waals surface area contributed by atoms with Gasteiger partial charge in [-0.15, -0.1) is 0 Å². The van der Waals surface area contributed by atoms with Gasteiger partial charge in [-0.25, -0.2) is 14.5 Å². The smallest absolute Gasteiger partial charge is 0.138 e. The Bertz CT molecular complexity index is 1430. The Morgan fingerprint density at radius 1 is 1.13 bits per heavy atom. The Morgan fingerprint density at radius 3 is 2.55 bits per heavy atom. The molecule has 38 heavy (non-hydrogen) atoms. The van der Waals surface area contributed by atoms with Crippen LogP contribution in [0, 0.1) is 23.2 Å². The molecule has 0 aliphatic carbocycles. The van der Waals surface area contributed by atoms with Crippen molar-refractivity contribution in [2.24, 2.45) is 11.8 Å². The SMILES string of the molecule is C[C@@H]1CN(c2ccc(-c3cc(OCC(C)(C)O)cn4ncc(C#N)c34)cn2)C[C@H](C)C1Nc1ccccn1. The third-order valence-electron chi connectivity index (χ3n) is 6.90. The molecule has 1 aliphatic heterocycles. The molecule has 1 fully saturated rings. The van der Waals surface area contributed by atoms with Crippen molar-refractivity contribution in [3.63, 3.8) is 0 Å². The molecule has 0 bridgehead atoms. The Morgan fingerprint density at radius 2 is 1.92 bits per heavy atom. The summed E-state index contributed by atoms with van der Waals surface area (Å²) in [7, 11) is 0. The molecule has 1 aliphatic rings. The molecule has 0 aromatic carbocycles. The lowest BCUT2D eigenvalue weighted by molar-refractivity contribution is 0.0283. The van der Waals surface area contributed by atoms with Gasteiger partial charge >= 0.3 is 0 Å². The van der Waals surface area contributed by atoms with Crippen LogP contribution in [0.5, 0.6) is 5.75 Å². The Hall–Kier alpha value is -4.16. The van der Waals surface area contributed by atoms with Crippen LogP contribution in [0.1, 0.15) is 33.3 Å². The van der Waals surface area contributed by atoms with Gasteiger partial charge in [-0.1, -0.05) is 19.9 Å². The number of nitrogens with zero attached hydrogens (tertiary/aromatic N) is 6. The number of fused-ring (bicyclic) bond motifs is 1. The van der Waals surface area contributed by atoms with Gasteiger partial charge < -0.3 is 20.1 Å². The summed E-state index contributed by atoms with van der Waals surface area (Å²) in [5.41, 5.74) is 1.85. The van der Waals surface area contributed by atoms with Crippen LogP contribution in [0.3, 0.4) is 0 Å². The van der Waals surface area contributed by atoms with E-state index in [9.17, 15) is 10.4 Å². The van der Waals surface area contributed by atoms with E-state index in [4.69, 9.17) is 9.72 Å². The maximum absolute atomic E-state index is 10.1. The van der Waals surface area contributed by atoms with Crippen LogP contribution in [0.4, 0.5) is 11.6 Å². The molecule has 2 N–H and O–H groups in total. The number of hydrogen-bond donors (Lipinski definition) is 2. The summed E-state index contributed by atoms with van der Waals surface area (Å²) in [6.45, 7) is 9.79. The maximum Gasteiger partial charge on any atom is 0.138 e. The number of aromatic nitrogens is 4. The lowest BCUT2D eigenvalue weighted by Crippen LogP contribution is -2.51. The molecule has 4 aromatic heterocycles. The number of hydrogen-bond acceptors (Lipinski definition) is 8. The second-order valence-corrected chi connectivity index (χ2v) is 10.8.